The Morgan fingerprint density at radius 3 is 2.89 bits per heavy atom. The van der Waals surface area contributed by atoms with Crippen LogP contribution in [0.2, 0.25) is 0 Å². The number of rotatable bonds is 5. The van der Waals surface area contributed by atoms with E-state index in [0.29, 0.717) is 31.8 Å². The Bertz CT molecular complexity index is 431. The molecule has 1 aliphatic rings. The van der Waals surface area contributed by atoms with Crippen molar-refractivity contribution in [2.45, 2.75) is 12.8 Å². The minimum Gasteiger partial charge on any atom is -0.394 e. The molecule has 0 radical (unpaired) electrons. The van der Waals surface area contributed by atoms with Gasteiger partial charge in [-0.1, -0.05) is 35.5 Å². The summed E-state index contributed by atoms with van der Waals surface area (Å²) in [6.07, 6.45) is 1.08. The molecule has 1 aliphatic heterocycles. The Hall–Kier alpha value is -2.04. The molecule has 1 aromatic rings. The van der Waals surface area contributed by atoms with E-state index in [9.17, 15) is 4.79 Å². The van der Waals surface area contributed by atoms with Crippen LogP contribution in [-0.4, -0.2) is 24.9 Å². The number of oxime groups is 1. The van der Waals surface area contributed by atoms with Crippen molar-refractivity contribution in [3.05, 3.63) is 35.9 Å². The Morgan fingerprint density at radius 1 is 1.44 bits per heavy atom. The molecule has 0 spiro atoms. The number of amides is 1. The molecule has 18 heavy (non-hydrogen) atoms. The molecule has 1 saturated heterocycles. The zero-order valence-corrected chi connectivity index (χ0v) is 10.1. The number of nitrogens with one attached hydrogen (secondary N) is 1. The van der Waals surface area contributed by atoms with E-state index in [0.717, 1.165) is 5.56 Å². The van der Waals surface area contributed by atoms with E-state index in [1.165, 1.54) is 0 Å². The molecule has 2 rings (SSSR count). The number of amidine groups is 1. The van der Waals surface area contributed by atoms with E-state index in [1.54, 1.807) is 0 Å². The number of benzene rings is 1. The van der Waals surface area contributed by atoms with Gasteiger partial charge in [-0.3, -0.25) is 4.79 Å². The standard InChI is InChI=1S/C13H17N3O2/c14-12(6-10-4-2-1-3-5-10)16-18-9-11-7-13(17)15-8-11/h1-5,11H,6-9H2,(H2,14,16)(H,15,17)/t11-/m1/s1. The molecule has 1 atom stereocenters. The molecule has 1 heterocycles. The monoisotopic (exact) mass is 247 g/mol. The summed E-state index contributed by atoms with van der Waals surface area (Å²) in [5.74, 6) is 0.717. The lowest BCUT2D eigenvalue weighted by molar-refractivity contribution is -0.119. The van der Waals surface area contributed by atoms with Crippen LogP contribution < -0.4 is 11.1 Å². The SMILES string of the molecule is NC(Cc1ccccc1)=NOC[C@H]1CNC(=O)C1. The lowest BCUT2D eigenvalue weighted by Crippen LogP contribution is -2.18. The van der Waals surface area contributed by atoms with Crippen molar-refractivity contribution in [1.29, 1.82) is 0 Å². The maximum atomic E-state index is 11.0. The summed E-state index contributed by atoms with van der Waals surface area (Å²) in [5, 5.41) is 6.61. The van der Waals surface area contributed by atoms with Crippen LogP contribution in [0, 0.1) is 5.92 Å². The van der Waals surface area contributed by atoms with E-state index < -0.39 is 0 Å². The molecular formula is C13H17N3O2. The van der Waals surface area contributed by atoms with Gasteiger partial charge in [0, 0.05) is 25.3 Å². The third-order valence-electron chi connectivity index (χ3n) is 2.78. The minimum atomic E-state index is 0.0739. The van der Waals surface area contributed by atoms with Gasteiger partial charge >= 0.3 is 0 Å². The second-order valence-electron chi connectivity index (χ2n) is 4.41. The average molecular weight is 247 g/mol. The quantitative estimate of drug-likeness (QED) is 0.456. The Morgan fingerprint density at radius 2 is 2.22 bits per heavy atom. The van der Waals surface area contributed by atoms with Crippen LogP contribution in [-0.2, 0) is 16.1 Å². The zero-order valence-electron chi connectivity index (χ0n) is 10.1. The molecule has 1 fully saturated rings. The van der Waals surface area contributed by atoms with Crippen molar-refractivity contribution < 1.29 is 9.63 Å². The first kappa shape index (κ1) is 12.4. The highest BCUT2D eigenvalue weighted by Gasteiger charge is 2.21. The van der Waals surface area contributed by atoms with Crippen molar-refractivity contribution in [3.63, 3.8) is 0 Å². The smallest absolute Gasteiger partial charge is 0.220 e. The topological polar surface area (TPSA) is 76.7 Å². The fourth-order valence-corrected chi connectivity index (χ4v) is 1.85. The predicted molar refractivity (Wildman–Crippen MR) is 68.8 cm³/mol. The summed E-state index contributed by atoms with van der Waals surface area (Å²) in [6.45, 7) is 1.08. The van der Waals surface area contributed by atoms with Crippen LogP contribution in [0.1, 0.15) is 12.0 Å². The third kappa shape index (κ3) is 3.76. The van der Waals surface area contributed by atoms with E-state index >= 15 is 0 Å². The van der Waals surface area contributed by atoms with Crippen LogP contribution in [0.3, 0.4) is 0 Å². The molecule has 0 bridgehead atoms. The largest absolute Gasteiger partial charge is 0.394 e. The summed E-state index contributed by atoms with van der Waals surface area (Å²) >= 11 is 0. The van der Waals surface area contributed by atoms with Crippen molar-refractivity contribution in [2.24, 2.45) is 16.8 Å². The first-order chi connectivity index (χ1) is 8.74. The average Bonchev–Trinajstić information content (AvgIpc) is 2.76. The van der Waals surface area contributed by atoms with Gasteiger partial charge in [0.05, 0.1) is 0 Å². The van der Waals surface area contributed by atoms with Crippen molar-refractivity contribution in [3.8, 4) is 0 Å². The normalized spacial score (nSPS) is 19.7. The van der Waals surface area contributed by atoms with Crippen molar-refractivity contribution in [2.75, 3.05) is 13.2 Å². The Labute approximate surface area is 106 Å². The first-order valence-corrected chi connectivity index (χ1v) is 5.99. The molecule has 3 N–H and O–H groups in total. The van der Waals surface area contributed by atoms with E-state index in [1.807, 2.05) is 30.3 Å². The minimum absolute atomic E-state index is 0.0739. The van der Waals surface area contributed by atoms with Gasteiger partial charge < -0.3 is 15.9 Å². The lowest BCUT2D eigenvalue weighted by atomic mass is 10.1. The number of nitrogens with two attached hydrogens (primary N) is 1. The molecule has 0 unspecified atom stereocenters. The summed E-state index contributed by atoms with van der Waals surface area (Å²) in [5.41, 5.74) is 6.86. The van der Waals surface area contributed by atoms with Crippen LogP contribution in [0.25, 0.3) is 0 Å². The Kier molecular flexibility index (Phi) is 4.17. The molecule has 0 aromatic heterocycles. The van der Waals surface area contributed by atoms with Gasteiger partial charge in [0.15, 0.2) is 0 Å². The van der Waals surface area contributed by atoms with E-state index in [-0.39, 0.29) is 11.8 Å². The maximum absolute atomic E-state index is 11.0. The molecule has 1 aromatic carbocycles. The molecule has 5 heteroatoms. The van der Waals surface area contributed by atoms with Crippen LogP contribution >= 0.6 is 0 Å². The van der Waals surface area contributed by atoms with Gasteiger partial charge in [-0.05, 0) is 5.56 Å². The number of carbonyl (C=O) groups excluding carboxylic acids is 1. The van der Waals surface area contributed by atoms with Crippen LogP contribution in [0.15, 0.2) is 35.5 Å². The molecule has 1 amide bonds. The van der Waals surface area contributed by atoms with Crippen LogP contribution in [0.4, 0.5) is 0 Å². The fourth-order valence-electron chi connectivity index (χ4n) is 1.85. The van der Waals surface area contributed by atoms with Crippen molar-refractivity contribution >= 4 is 11.7 Å². The molecule has 0 aliphatic carbocycles. The summed E-state index contributed by atoms with van der Waals surface area (Å²) in [6, 6.07) is 9.85. The van der Waals surface area contributed by atoms with Gasteiger partial charge in [0.25, 0.3) is 0 Å². The van der Waals surface area contributed by atoms with E-state index in [4.69, 9.17) is 10.6 Å². The summed E-state index contributed by atoms with van der Waals surface area (Å²) < 4.78 is 0. The number of carbonyl (C=O) groups is 1. The first-order valence-electron chi connectivity index (χ1n) is 5.99. The lowest BCUT2D eigenvalue weighted by Gasteiger charge is -2.06. The van der Waals surface area contributed by atoms with Gasteiger partial charge in [0.1, 0.15) is 12.4 Å². The third-order valence-corrected chi connectivity index (χ3v) is 2.78. The summed E-state index contributed by atoms with van der Waals surface area (Å²) in [7, 11) is 0. The fraction of sp³-hybridized carbons (Fsp3) is 0.385. The molecular weight excluding hydrogens is 230 g/mol. The molecule has 5 nitrogen and oxygen atoms in total. The predicted octanol–water partition coefficient (Wildman–Crippen LogP) is 0.654. The highest BCUT2D eigenvalue weighted by molar-refractivity contribution is 5.82. The Balaban J connectivity index is 1.74. The van der Waals surface area contributed by atoms with Crippen molar-refractivity contribution in [1.82, 2.24) is 5.32 Å². The molecule has 96 valence electrons. The van der Waals surface area contributed by atoms with Crippen LogP contribution in [0.5, 0.6) is 0 Å². The number of hydrogen-bond donors (Lipinski definition) is 2. The van der Waals surface area contributed by atoms with Gasteiger partial charge in [-0.15, -0.1) is 0 Å². The van der Waals surface area contributed by atoms with Gasteiger partial charge in [-0.2, -0.15) is 0 Å². The number of nitrogens with zero attached hydrogens (tertiary/aromatic N) is 1. The second-order valence-corrected chi connectivity index (χ2v) is 4.41. The maximum Gasteiger partial charge on any atom is 0.220 e. The summed E-state index contributed by atoms with van der Waals surface area (Å²) in [4.78, 5) is 16.1. The highest BCUT2D eigenvalue weighted by atomic mass is 16.6. The molecule has 0 saturated carbocycles. The van der Waals surface area contributed by atoms with E-state index in [2.05, 4.69) is 10.5 Å². The highest BCUT2D eigenvalue weighted by Crippen LogP contribution is 2.09. The zero-order chi connectivity index (χ0) is 12.8. The van der Waals surface area contributed by atoms with Gasteiger partial charge in [-0.25, -0.2) is 0 Å². The number of hydrogen-bond acceptors (Lipinski definition) is 3. The second kappa shape index (κ2) is 6.05. The van der Waals surface area contributed by atoms with Gasteiger partial charge in [0.2, 0.25) is 5.91 Å².